The van der Waals surface area contributed by atoms with Crippen LogP contribution in [0.1, 0.15) is 0 Å². The number of rotatable bonds is 4. The fourth-order valence-corrected chi connectivity index (χ4v) is 2.60. The molecule has 7 heteroatoms. The predicted octanol–water partition coefficient (Wildman–Crippen LogP) is 1.70. The number of aromatic nitrogens is 2. The highest BCUT2D eigenvalue weighted by molar-refractivity contribution is 5.87. The van der Waals surface area contributed by atoms with Crippen molar-refractivity contribution in [3.8, 4) is 22.9 Å². The number of hydrogen-bond donors (Lipinski definition) is 1. The number of methoxy groups -OCH3 is 3. The maximum absolute atomic E-state index is 13.0. The number of nitrogens with zero attached hydrogens (tertiary/aromatic N) is 1. The van der Waals surface area contributed by atoms with Gasteiger partial charge in [0, 0.05) is 6.07 Å². The van der Waals surface area contributed by atoms with Crippen molar-refractivity contribution >= 4 is 10.9 Å². The minimum Gasteiger partial charge on any atom is -0.497 e. The molecule has 7 nitrogen and oxygen atoms in total. The molecule has 0 spiro atoms. The molecule has 0 saturated heterocycles. The van der Waals surface area contributed by atoms with E-state index in [4.69, 9.17) is 14.2 Å². The van der Waals surface area contributed by atoms with Crippen molar-refractivity contribution in [1.82, 2.24) is 9.55 Å². The second-order valence-electron chi connectivity index (χ2n) is 5.00. The van der Waals surface area contributed by atoms with Crippen molar-refractivity contribution in [3.63, 3.8) is 0 Å². The first kappa shape index (κ1) is 15.7. The van der Waals surface area contributed by atoms with Crippen molar-refractivity contribution in [2.24, 2.45) is 0 Å². The molecule has 1 aromatic heterocycles. The molecule has 1 heterocycles. The van der Waals surface area contributed by atoms with E-state index in [-0.39, 0.29) is 11.1 Å². The van der Waals surface area contributed by atoms with Crippen molar-refractivity contribution in [3.05, 3.63) is 57.2 Å². The van der Waals surface area contributed by atoms with Crippen LogP contribution in [0.3, 0.4) is 0 Å². The summed E-state index contributed by atoms with van der Waals surface area (Å²) < 4.78 is 16.7. The molecule has 0 aliphatic heterocycles. The van der Waals surface area contributed by atoms with Crippen molar-refractivity contribution in [1.29, 1.82) is 0 Å². The Kier molecular flexibility index (Phi) is 3.99. The Labute approximate surface area is 137 Å². The summed E-state index contributed by atoms with van der Waals surface area (Å²) in [5, 5.41) is 0.235. The van der Waals surface area contributed by atoms with E-state index in [1.54, 1.807) is 36.4 Å². The molecule has 0 atom stereocenters. The average Bonchev–Trinajstić information content (AvgIpc) is 2.60. The number of ether oxygens (including phenoxy) is 3. The molecule has 3 rings (SSSR count). The second kappa shape index (κ2) is 6.11. The Hall–Kier alpha value is -3.22. The summed E-state index contributed by atoms with van der Waals surface area (Å²) in [4.78, 5) is 28.1. The number of H-pyrrole nitrogens is 1. The van der Waals surface area contributed by atoms with Gasteiger partial charge in [-0.15, -0.1) is 0 Å². The SMILES string of the molecule is COc1cccc(-n2c(=O)[nH]c3ccc(OC)c(OC)c3c2=O)c1. The minimum atomic E-state index is -0.548. The van der Waals surface area contributed by atoms with Gasteiger partial charge in [-0.3, -0.25) is 4.79 Å². The first-order valence-corrected chi connectivity index (χ1v) is 7.15. The largest absolute Gasteiger partial charge is 0.497 e. The van der Waals surface area contributed by atoms with Crippen LogP contribution in [0.15, 0.2) is 46.0 Å². The van der Waals surface area contributed by atoms with Gasteiger partial charge < -0.3 is 19.2 Å². The highest BCUT2D eigenvalue weighted by Gasteiger charge is 2.17. The fraction of sp³-hybridized carbons (Fsp3) is 0.176. The van der Waals surface area contributed by atoms with Gasteiger partial charge in [0.05, 0.1) is 32.5 Å². The maximum atomic E-state index is 13.0. The third-order valence-electron chi connectivity index (χ3n) is 3.72. The molecule has 0 amide bonds. The van der Waals surface area contributed by atoms with Crippen LogP contribution < -0.4 is 25.5 Å². The van der Waals surface area contributed by atoms with Gasteiger partial charge >= 0.3 is 5.69 Å². The molecular formula is C17H16N2O5. The summed E-state index contributed by atoms with van der Waals surface area (Å²) in [5.74, 6) is 1.22. The number of benzene rings is 2. The van der Waals surface area contributed by atoms with Crippen LogP contribution in [-0.2, 0) is 0 Å². The zero-order valence-corrected chi connectivity index (χ0v) is 13.5. The average molecular weight is 328 g/mol. The van der Waals surface area contributed by atoms with E-state index in [1.165, 1.54) is 21.3 Å². The van der Waals surface area contributed by atoms with Crippen LogP contribution in [0.5, 0.6) is 17.2 Å². The minimum absolute atomic E-state index is 0.235. The summed E-state index contributed by atoms with van der Waals surface area (Å²) in [6, 6.07) is 9.93. The van der Waals surface area contributed by atoms with Crippen LogP contribution in [0, 0.1) is 0 Å². The van der Waals surface area contributed by atoms with Crippen LogP contribution in [0.2, 0.25) is 0 Å². The number of aromatic amines is 1. The van der Waals surface area contributed by atoms with E-state index in [9.17, 15) is 9.59 Å². The van der Waals surface area contributed by atoms with Gasteiger partial charge in [-0.2, -0.15) is 0 Å². The summed E-state index contributed by atoms with van der Waals surface area (Å²) in [5.41, 5.74) is -0.278. The molecule has 3 aromatic rings. The molecule has 2 aromatic carbocycles. The number of nitrogens with one attached hydrogen (secondary N) is 1. The Morgan fingerprint density at radius 1 is 0.958 bits per heavy atom. The molecule has 1 N–H and O–H groups in total. The molecular weight excluding hydrogens is 312 g/mol. The lowest BCUT2D eigenvalue weighted by Gasteiger charge is -2.12. The Balaban J connectivity index is 2.41. The van der Waals surface area contributed by atoms with Gasteiger partial charge in [0.1, 0.15) is 11.1 Å². The quantitative estimate of drug-likeness (QED) is 0.788. The lowest BCUT2D eigenvalue weighted by molar-refractivity contribution is 0.358. The summed E-state index contributed by atoms with van der Waals surface area (Å²) in [7, 11) is 4.44. The highest BCUT2D eigenvalue weighted by Crippen LogP contribution is 2.32. The Morgan fingerprint density at radius 3 is 2.42 bits per heavy atom. The predicted molar refractivity (Wildman–Crippen MR) is 89.8 cm³/mol. The monoisotopic (exact) mass is 328 g/mol. The van der Waals surface area contributed by atoms with Gasteiger partial charge in [0.25, 0.3) is 5.56 Å². The molecule has 0 unspecified atom stereocenters. The van der Waals surface area contributed by atoms with Gasteiger partial charge in [-0.1, -0.05) is 6.07 Å². The first-order chi connectivity index (χ1) is 11.6. The van der Waals surface area contributed by atoms with Crippen LogP contribution in [0.4, 0.5) is 0 Å². The van der Waals surface area contributed by atoms with E-state index in [2.05, 4.69) is 4.98 Å². The zero-order valence-electron chi connectivity index (χ0n) is 13.5. The van der Waals surface area contributed by atoms with Crippen molar-refractivity contribution < 1.29 is 14.2 Å². The molecule has 0 radical (unpaired) electrons. The maximum Gasteiger partial charge on any atom is 0.333 e. The molecule has 0 saturated carbocycles. The van der Waals surface area contributed by atoms with Crippen LogP contribution in [0.25, 0.3) is 16.6 Å². The van der Waals surface area contributed by atoms with E-state index in [0.717, 1.165) is 4.57 Å². The number of hydrogen-bond acceptors (Lipinski definition) is 5. The number of fused-ring (bicyclic) bond motifs is 1. The first-order valence-electron chi connectivity index (χ1n) is 7.15. The summed E-state index contributed by atoms with van der Waals surface area (Å²) >= 11 is 0. The van der Waals surface area contributed by atoms with Gasteiger partial charge in [0.15, 0.2) is 11.5 Å². The van der Waals surface area contributed by atoms with Gasteiger partial charge in [0.2, 0.25) is 0 Å². The highest BCUT2D eigenvalue weighted by atomic mass is 16.5. The fourth-order valence-electron chi connectivity index (χ4n) is 2.60. The van der Waals surface area contributed by atoms with Crippen LogP contribution >= 0.6 is 0 Å². The molecule has 0 bridgehead atoms. The Bertz CT molecular complexity index is 1020. The van der Waals surface area contributed by atoms with E-state index < -0.39 is 11.2 Å². The normalized spacial score (nSPS) is 10.6. The lowest BCUT2D eigenvalue weighted by Crippen LogP contribution is -2.33. The third-order valence-corrected chi connectivity index (χ3v) is 3.72. The van der Waals surface area contributed by atoms with Crippen molar-refractivity contribution in [2.45, 2.75) is 0 Å². The summed E-state index contributed by atoms with van der Waals surface area (Å²) in [6.07, 6.45) is 0. The van der Waals surface area contributed by atoms with Gasteiger partial charge in [-0.05, 0) is 24.3 Å². The second-order valence-corrected chi connectivity index (χ2v) is 5.00. The van der Waals surface area contributed by atoms with Crippen molar-refractivity contribution in [2.75, 3.05) is 21.3 Å². The molecule has 0 fully saturated rings. The topological polar surface area (TPSA) is 82.6 Å². The third kappa shape index (κ3) is 2.40. The molecule has 0 aliphatic rings. The van der Waals surface area contributed by atoms with E-state index in [1.807, 2.05) is 0 Å². The molecule has 24 heavy (non-hydrogen) atoms. The smallest absolute Gasteiger partial charge is 0.333 e. The van der Waals surface area contributed by atoms with E-state index >= 15 is 0 Å². The van der Waals surface area contributed by atoms with Gasteiger partial charge in [-0.25, -0.2) is 9.36 Å². The van der Waals surface area contributed by atoms with E-state index in [0.29, 0.717) is 22.7 Å². The lowest BCUT2D eigenvalue weighted by atomic mass is 10.2. The molecule has 124 valence electrons. The molecule has 0 aliphatic carbocycles. The zero-order chi connectivity index (χ0) is 17.3. The Morgan fingerprint density at radius 2 is 1.75 bits per heavy atom. The van der Waals surface area contributed by atoms with Crippen LogP contribution in [-0.4, -0.2) is 30.9 Å². The standard InChI is InChI=1S/C17H16N2O5/c1-22-11-6-4-5-10(9-11)19-16(20)14-12(18-17(19)21)7-8-13(23-2)15(14)24-3/h4-9H,1-3H3,(H,18,21). The summed E-state index contributed by atoms with van der Waals surface area (Å²) in [6.45, 7) is 0.